The molecule has 0 aliphatic carbocycles. The van der Waals surface area contributed by atoms with Crippen LogP contribution in [-0.2, 0) is 0 Å². The monoisotopic (exact) mass is 324 g/mol. The highest BCUT2D eigenvalue weighted by atomic mass is 79.9. The third-order valence-electron chi connectivity index (χ3n) is 3.63. The Bertz CT molecular complexity index is 455. The largest absolute Gasteiger partial charge is 0.341 e. The lowest BCUT2D eigenvalue weighted by Crippen LogP contribution is -2.39. The predicted molar refractivity (Wildman–Crippen MR) is 81.4 cm³/mol. The van der Waals surface area contributed by atoms with E-state index in [0.717, 1.165) is 35.2 Å². The molecule has 1 saturated heterocycles. The molecule has 104 valence electrons. The molecule has 0 aromatic heterocycles. The number of carbonyl (C=O) groups excluding carboxylic acids is 1. The molecule has 1 unspecified atom stereocenters. The number of nitrogens with zero attached hydrogens (tertiary/aromatic N) is 1. The standard InChI is InChI=1S/C15H21BrN2O/c1-11-5-6-13(14(16)8-11)15(19)18(2)10-12-4-3-7-17-9-12/h5-6,8,12,17H,3-4,7,9-10H2,1-2H3. The van der Waals surface area contributed by atoms with Gasteiger partial charge in [-0.2, -0.15) is 0 Å². The van der Waals surface area contributed by atoms with Gasteiger partial charge in [0.2, 0.25) is 0 Å². The van der Waals surface area contributed by atoms with Crippen molar-refractivity contribution >= 4 is 21.8 Å². The first kappa shape index (κ1) is 14.5. The van der Waals surface area contributed by atoms with E-state index in [1.54, 1.807) is 0 Å². The van der Waals surface area contributed by atoms with Crippen molar-refractivity contribution in [1.82, 2.24) is 10.2 Å². The molecule has 1 aromatic rings. The smallest absolute Gasteiger partial charge is 0.254 e. The molecule has 0 spiro atoms. The number of amides is 1. The minimum absolute atomic E-state index is 0.0949. The fourth-order valence-electron chi connectivity index (χ4n) is 2.55. The lowest BCUT2D eigenvalue weighted by molar-refractivity contribution is 0.0764. The summed E-state index contributed by atoms with van der Waals surface area (Å²) < 4.78 is 0.881. The van der Waals surface area contributed by atoms with Crippen LogP contribution in [-0.4, -0.2) is 37.5 Å². The molecule has 2 rings (SSSR count). The van der Waals surface area contributed by atoms with Gasteiger partial charge in [0, 0.05) is 18.1 Å². The minimum atomic E-state index is 0.0949. The van der Waals surface area contributed by atoms with E-state index < -0.39 is 0 Å². The first-order valence-corrected chi connectivity index (χ1v) is 7.59. The molecule has 0 saturated carbocycles. The highest BCUT2D eigenvalue weighted by Crippen LogP contribution is 2.20. The fraction of sp³-hybridized carbons (Fsp3) is 0.533. The van der Waals surface area contributed by atoms with Crippen molar-refractivity contribution in [2.75, 3.05) is 26.7 Å². The molecule has 3 nitrogen and oxygen atoms in total. The summed E-state index contributed by atoms with van der Waals surface area (Å²) >= 11 is 3.48. The molecule has 1 amide bonds. The topological polar surface area (TPSA) is 32.3 Å². The molecule has 1 aliphatic heterocycles. The Morgan fingerprint density at radius 2 is 2.32 bits per heavy atom. The Hall–Kier alpha value is -0.870. The van der Waals surface area contributed by atoms with Gasteiger partial charge >= 0.3 is 0 Å². The molecule has 0 bridgehead atoms. The number of carbonyl (C=O) groups is 1. The molecule has 1 atom stereocenters. The van der Waals surface area contributed by atoms with Gasteiger partial charge in [0.25, 0.3) is 5.91 Å². The quantitative estimate of drug-likeness (QED) is 0.927. The second kappa shape index (κ2) is 6.53. The Kier molecular flexibility index (Phi) is 4.99. The van der Waals surface area contributed by atoms with Crippen molar-refractivity contribution in [3.05, 3.63) is 33.8 Å². The summed E-state index contributed by atoms with van der Waals surface area (Å²) in [5.41, 5.74) is 1.90. The summed E-state index contributed by atoms with van der Waals surface area (Å²) in [7, 11) is 1.89. The summed E-state index contributed by atoms with van der Waals surface area (Å²) in [6, 6.07) is 5.87. The van der Waals surface area contributed by atoms with E-state index in [-0.39, 0.29) is 5.91 Å². The van der Waals surface area contributed by atoms with Gasteiger partial charge in [-0.25, -0.2) is 0 Å². The molecule has 1 aliphatic rings. The zero-order valence-electron chi connectivity index (χ0n) is 11.6. The highest BCUT2D eigenvalue weighted by molar-refractivity contribution is 9.10. The lowest BCUT2D eigenvalue weighted by atomic mass is 9.99. The predicted octanol–water partition coefficient (Wildman–Crippen LogP) is 2.83. The van der Waals surface area contributed by atoms with Crippen LogP contribution >= 0.6 is 15.9 Å². The molecule has 1 heterocycles. The molecule has 4 heteroatoms. The van der Waals surface area contributed by atoms with Crippen LogP contribution in [0.4, 0.5) is 0 Å². The SMILES string of the molecule is Cc1ccc(C(=O)N(C)CC2CCCNC2)c(Br)c1. The molecule has 19 heavy (non-hydrogen) atoms. The van der Waals surface area contributed by atoms with Crippen molar-refractivity contribution in [3.8, 4) is 0 Å². The van der Waals surface area contributed by atoms with E-state index in [4.69, 9.17) is 0 Å². The molecule has 1 fully saturated rings. The van der Waals surface area contributed by atoms with Gasteiger partial charge in [-0.05, 0) is 72.4 Å². The summed E-state index contributed by atoms with van der Waals surface area (Å²) in [6.07, 6.45) is 2.42. The summed E-state index contributed by atoms with van der Waals surface area (Å²) in [5, 5.41) is 3.39. The average molecular weight is 325 g/mol. The number of benzene rings is 1. The number of halogens is 1. The van der Waals surface area contributed by atoms with Crippen molar-refractivity contribution in [2.45, 2.75) is 19.8 Å². The second-order valence-electron chi connectivity index (χ2n) is 5.38. The summed E-state index contributed by atoms with van der Waals surface area (Å²) in [6.45, 7) is 4.98. The van der Waals surface area contributed by atoms with E-state index in [2.05, 4.69) is 21.2 Å². The number of hydrogen-bond acceptors (Lipinski definition) is 2. The van der Waals surface area contributed by atoms with Crippen LogP contribution in [0.1, 0.15) is 28.8 Å². The third kappa shape index (κ3) is 3.80. The summed E-state index contributed by atoms with van der Waals surface area (Å²) in [5.74, 6) is 0.671. The number of nitrogens with one attached hydrogen (secondary N) is 1. The van der Waals surface area contributed by atoms with Gasteiger partial charge in [0.1, 0.15) is 0 Å². The van der Waals surface area contributed by atoms with Crippen LogP contribution < -0.4 is 5.32 Å². The summed E-state index contributed by atoms with van der Waals surface area (Å²) in [4.78, 5) is 14.3. The van der Waals surface area contributed by atoms with Crippen LogP contribution in [0.3, 0.4) is 0 Å². The molecule has 1 N–H and O–H groups in total. The normalized spacial score (nSPS) is 19.2. The van der Waals surface area contributed by atoms with Crippen LogP contribution in [0.5, 0.6) is 0 Å². The zero-order chi connectivity index (χ0) is 13.8. The first-order chi connectivity index (χ1) is 9.08. The number of piperidine rings is 1. The third-order valence-corrected chi connectivity index (χ3v) is 4.29. The Morgan fingerprint density at radius 3 is 2.95 bits per heavy atom. The molecular formula is C15H21BrN2O. The number of aryl methyl sites for hydroxylation is 1. The van der Waals surface area contributed by atoms with Crippen LogP contribution in [0.15, 0.2) is 22.7 Å². The van der Waals surface area contributed by atoms with Crippen LogP contribution in [0.25, 0.3) is 0 Å². The van der Waals surface area contributed by atoms with Gasteiger partial charge in [-0.3, -0.25) is 4.79 Å². The maximum Gasteiger partial charge on any atom is 0.254 e. The minimum Gasteiger partial charge on any atom is -0.341 e. The van der Waals surface area contributed by atoms with Gasteiger partial charge in [-0.15, -0.1) is 0 Å². The van der Waals surface area contributed by atoms with E-state index in [1.807, 2.05) is 37.1 Å². The fourth-order valence-corrected chi connectivity index (χ4v) is 3.21. The maximum atomic E-state index is 12.4. The Balaban J connectivity index is 2.01. The highest BCUT2D eigenvalue weighted by Gasteiger charge is 2.20. The van der Waals surface area contributed by atoms with E-state index in [9.17, 15) is 4.79 Å². The van der Waals surface area contributed by atoms with Crippen molar-refractivity contribution < 1.29 is 4.79 Å². The lowest BCUT2D eigenvalue weighted by Gasteiger charge is -2.28. The van der Waals surface area contributed by atoms with Gasteiger partial charge in [-0.1, -0.05) is 6.07 Å². The molecular weight excluding hydrogens is 304 g/mol. The van der Waals surface area contributed by atoms with Crippen molar-refractivity contribution in [3.63, 3.8) is 0 Å². The maximum absolute atomic E-state index is 12.4. The zero-order valence-corrected chi connectivity index (χ0v) is 13.2. The second-order valence-corrected chi connectivity index (χ2v) is 6.24. The van der Waals surface area contributed by atoms with Crippen LogP contribution in [0, 0.1) is 12.8 Å². The Labute approximate surface area is 123 Å². The number of rotatable bonds is 3. The van der Waals surface area contributed by atoms with Gasteiger partial charge in [0.15, 0.2) is 0 Å². The first-order valence-electron chi connectivity index (χ1n) is 6.80. The van der Waals surface area contributed by atoms with Gasteiger partial charge < -0.3 is 10.2 Å². The van der Waals surface area contributed by atoms with E-state index in [1.165, 1.54) is 12.8 Å². The van der Waals surface area contributed by atoms with Crippen molar-refractivity contribution in [2.24, 2.45) is 5.92 Å². The molecule has 1 aromatic carbocycles. The average Bonchev–Trinajstić information content (AvgIpc) is 2.39. The Morgan fingerprint density at radius 1 is 1.53 bits per heavy atom. The van der Waals surface area contributed by atoms with Crippen molar-refractivity contribution in [1.29, 1.82) is 0 Å². The van der Waals surface area contributed by atoms with Crippen LogP contribution in [0.2, 0.25) is 0 Å². The van der Waals surface area contributed by atoms with E-state index in [0.29, 0.717) is 5.92 Å². The molecule has 0 radical (unpaired) electrons. The van der Waals surface area contributed by atoms with Gasteiger partial charge in [0.05, 0.1) is 5.56 Å². The van der Waals surface area contributed by atoms with E-state index >= 15 is 0 Å². The number of hydrogen-bond donors (Lipinski definition) is 1.